The maximum Gasteiger partial charge on any atom is 0.0119 e. The molecule has 1 saturated heterocycles. The Morgan fingerprint density at radius 2 is 2.07 bits per heavy atom. The van der Waals surface area contributed by atoms with Crippen LogP contribution in [-0.4, -0.2) is 37.1 Å². The summed E-state index contributed by atoms with van der Waals surface area (Å²) in [6.45, 7) is 11.8. The van der Waals surface area contributed by atoms with Crippen LogP contribution in [0.25, 0.3) is 0 Å². The molecule has 0 saturated carbocycles. The molecular formula is C12H26N2. The molecule has 84 valence electrons. The predicted octanol–water partition coefficient (Wildman–Crippen LogP) is 2.11. The van der Waals surface area contributed by atoms with E-state index in [0.29, 0.717) is 0 Å². The second kappa shape index (κ2) is 6.41. The van der Waals surface area contributed by atoms with Gasteiger partial charge in [0.2, 0.25) is 0 Å². The summed E-state index contributed by atoms with van der Waals surface area (Å²) in [4.78, 5) is 2.63. The molecule has 1 aliphatic heterocycles. The fourth-order valence-electron chi connectivity index (χ4n) is 2.57. The van der Waals surface area contributed by atoms with Crippen LogP contribution < -0.4 is 5.32 Å². The van der Waals surface area contributed by atoms with Crippen molar-refractivity contribution in [3.8, 4) is 0 Å². The number of nitrogens with zero attached hydrogens (tertiary/aromatic N) is 1. The standard InChI is InChI=1S/C12H26N2/c1-4-8-14-9-7-12(13-6-3)11(5-2)10-14/h11-13H,4-10H2,1-3H3. The van der Waals surface area contributed by atoms with E-state index in [-0.39, 0.29) is 0 Å². The molecule has 1 N–H and O–H groups in total. The Kier molecular flexibility index (Phi) is 5.49. The van der Waals surface area contributed by atoms with E-state index in [1.165, 1.54) is 38.9 Å². The third-order valence-corrected chi connectivity index (χ3v) is 3.35. The zero-order chi connectivity index (χ0) is 10.4. The van der Waals surface area contributed by atoms with Gasteiger partial charge in [-0.2, -0.15) is 0 Å². The number of hydrogen-bond acceptors (Lipinski definition) is 2. The molecule has 2 heteroatoms. The van der Waals surface area contributed by atoms with Gasteiger partial charge in [-0.1, -0.05) is 27.2 Å². The molecule has 0 aromatic heterocycles. The van der Waals surface area contributed by atoms with Crippen LogP contribution in [0.2, 0.25) is 0 Å². The Hall–Kier alpha value is -0.0800. The summed E-state index contributed by atoms with van der Waals surface area (Å²) in [7, 11) is 0. The summed E-state index contributed by atoms with van der Waals surface area (Å²) >= 11 is 0. The fourth-order valence-corrected chi connectivity index (χ4v) is 2.57. The van der Waals surface area contributed by atoms with Gasteiger partial charge in [-0.25, -0.2) is 0 Å². The van der Waals surface area contributed by atoms with Crippen LogP contribution in [0.5, 0.6) is 0 Å². The summed E-state index contributed by atoms with van der Waals surface area (Å²) in [6.07, 6.45) is 3.95. The van der Waals surface area contributed by atoms with E-state index >= 15 is 0 Å². The van der Waals surface area contributed by atoms with Gasteiger partial charge >= 0.3 is 0 Å². The Balaban J connectivity index is 2.37. The maximum atomic E-state index is 3.62. The quantitative estimate of drug-likeness (QED) is 0.728. The van der Waals surface area contributed by atoms with Gasteiger partial charge in [0.25, 0.3) is 0 Å². The van der Waals surface area contributed by atoms with Crippen LogP contribution in [-0.2, 0) is 0 Å². The third-order valence-electron chi connectivity index (χ3n) is 3.35. The molecule has 0 aromatic carbocycles. The lowest BCUT2D eigenvalue weighted by molar-refractivity contribution is 0.136. The van der Waals surface area contributed by atoms with Crippen molar-refractivity contribution in [2.75, 3.05) is 26.2 Å². The van der Waals surface area contributed by atoms with Crippen molar-refractivity contribution >= 4 is 0 Å². The number of hydrogen-bond donors (Lipinski definition) is 1. The molecule has 1 aliphatic rings. The van der Waals surface area contributed by atoms with Crippen LogP contribution in [0.4, 0.5) is 0 Å². The predicted molar refractivity (Wildman–Crippen MR) is 62.6 cm³/mol. The Morgan fingerprint density at radius 3 is 2.64 bits per heavy atom. The molecule has 0 aliphatic carbocycles. The first-order valence-corrected chi connectivity index (χ1v) is 6.27. The molecular weight excluding hydrogens is 172 g/mol. The number of piperidine rings is 1. The van der Waals surface area contributed by atoms with E-state index in [1.807, 2.05) is 0 Å². The van der Waals surface area contributed by atoms with Crippen molar-refractivity contribution in [1.29, 1.82) is 0 Å². The smallest absolute Gasteiger partial charge is 0.0119 e. The van der Waals surface area contributed by atoms with E-state index in [2.05, 4.69) is 31.0 Å². The highest BCUT2D eigenvalue weighted by molar-refractivity contribution is 4.83. The van der Waals surface area contributed by atoms with Crippen LogP contribution in [0.15, 0.2) is 0 Å². The summed E-state index contributed by atoms with van der Waals surface area (Å²) in [5, 5.41) is 3.62. The van der Waals surface area contributed by atoms with E-state index in [4.69, 9.17) is 0 Å². The lowest BCUT2D eigenvalue weighted by atomic mass is 9.90. The van der Waals surface area contributed by atoms with Crippen LogP contribution in [0.1, 0.15) is 40.0 Å². The summed E-state index contributed by atoms with van der Waals surface area (Å²) < 4.78 is 0. The molecule has 2 atom stereocenters. The van der Waals surface area contributed by atoms with Crippen LogP contribution in [0, 0.1) is 5.92 Å². The minimum atomic E-state index is 0.776. The summed E-state index contributed by atoms with van der Waals surface area (Å²) in [5.41, 5.74) is 0. The van der Waals surface area contributed by atoms with Gasteiger partial charge in [-0.05, 0) is 38.4 Å². The van der Waals surface area contributed by atoms with Gasteiger partial charge in [0.05, 0.1) is 0 Å². The molecule has 0 bridgehead atoms. The lowest BCUT2D eigenvalue weighted by Crippen LogP contribution is -2.49. The lowest BCUT2D eigenvalue weighted by Gasteiger charge is -2.38. The zero-order valence-electron chi connectivity index (χ0n) is 10.1. The molecule has 1 rings (SSSR count). The molecule has 1 heterocycles. The van der Waals surface area contributed by atoms with E-state index < -0.39 is 0 Å². The van der Waals surface area contributed by atoms with Gasteiger partial charge in [0, 0.05) is 12.6 Å². The minimum Gasteiger partial charge on any atom is -0.314 e. The Labute approximate surface area is 89.1 Å². The molecule has 1 fully saturated rings. The second-order valence-corrected chi connectivity index (χ2v) is 4.42. The highest BCUT2D eigenvalue weighted by Crippen LogP contribution is 2.20. The largest absolute Gasteiger partial charge is 0.314 e. The van der Waals surface area contributed by atoms with Crippen molar-refractivity contribution < 1.29 is 0 Å². The molecule has 2 unspecified atom stereocenters. The monoisotopic (exact) mass is 198 g/mol. The third kappa shape index (κ3) is 3.25. The number of nitrogens with one attached hydrogen (secondary N) is 1. The van der Waals surface area contributed by atoms with Gasteiger partial charge in [0.1, 0.15) is 0 Å². The first-order valence-electron chi connectivity index (χ1n) is 6.27. The molecule has 14 heavy (non-hydrogen) atoms. The summed E-state index contributed by atoms with van der Waals surface area (Å²) in [6, 6.07) is 0.776. The van der Waals surface area contributed by atoms with Gasteiger partial charge in [-0.15, -0.1) is 0 Å². The summed E-state index contributed by atoms with van der Waals surface area (Å²) in [5.74, 6) is 0.871. The highest BCUT2D eigenvalue weighted by atomic mass is 15.1. The van der Waals surface area contributed by atoms with Crippen molar-refractivity contribution in [1.82, 2.24) is 10.2 Å². The van der Waals surface area contributed by atoms with Crippen molar-refractivity contribution in [2.45, 2.75) is 46.1 Å². The fraction of sp³-hybridized carbons (Fsp3) is 1.00. The molecule has 0 amide bonds. The van der Waals surface area contributed by atoms with E-state index in [9.17, 15) is 0 Å². The Morgan fingerprint density at radius 1 is 1.29 bits per heavy atom. The molecule has 2 nitrogen and oxygen atoms in total. The number of likely N-dealkylation sites (tertiary alicyclic amines) is 1. The first kappa shape index (κ1) is 12.0. The zero-order valence-corrected chi connectivity index (χ0v) is 10.1. The molecule has 0 aromatic rings. The SMILES string of the molecule is CCCN1CCC(NCC)C(CC)C1. The van der Waals surface area contributed by atoms with Crippen LogP contribution >= 0.6 is 0 Å². The van der Waals surface area contributed by atoms with E-state index in [1.54, 1.807) is 0 Å². The van der Waals surface area contributed by atoms with Gasteiger partial charge in [0.15, 0.2) is 0 Å². The Bertz CT molecular complexity index is 147. The van der Waals surface area contributed by atoms with Crippen molar-refractivity contribution in [2.24, 2.45) is 5.92 Å². The topological polar surface area (TPSA) is 15.3 Å². The molecule has 0 spiro atoms. The molecule has 0 radical (unpaired) electrons. The van der Waals surface area contributed by atoms with Crippen molar-refractivity contribution in [3.05, 3.63) is 0 Å². The number of rotatable bonds is 5. The maximum absolute atomic E-state index is 3.62. The normalized spacial score (nSPS) is 29.4. The minimum absolute atomic E-state index is 0.776. The average Bonchev–Trinajstić information content (AvgIpc) is 2.21. The van der Waals surface area contributed by atoms with E-state index in [0.717, 1.165) is 18.5 Å². The second-order valence-electron chi connectivity index (χ2n) is 4.42. The van der Waals surface area contributed by atoms with Gasteiger partial charge < -0.3 is 10.2 Å². The average molecular weight is 198 g/mol. The van der Waals surface area contributed by atoms with Crippen LogP contribution in [0.3, 0.4) is 0 Å². The first-order chi connectivity index (χ1) is 6.81. The van der Waals surface area contributed by atoms with Gasteiger partial charge in [-0.3, -0.25) is 0 Å². The highest BCUT2D eigenvalue weighted by Gasteiger charge is 2.26. The van der Waals surface area contributed by atoms with Crippen molar-refractivity contribution in [3.63, 3.8) is 0 Å².